The minimum Gasteiger partial charge on any atom is -0.481 e. The second kappa shape index (κ2) is 2.23. The molecule has 0 spiro atoms. The van der Waals surface area contributed by atoms with Crippen molar-refractivity contribution in [3.05, 3.63) is 5.92 Å². The fraction of sp³-hybridized carbons (Fsp3) is 0.778. The third kappa shape index (κ3) is 0.959. The van der Waals surface area contributed by atoms with E-state index < -0.39 is 5.97 Å². The third-order valence-corrected chi connectivity index (χ3v) is 3.32. The van der Waals surface area contributed by atoms with Crippen molar-refractivity contribution in [2.45, 2.75) is 38.5 Å². The lowest BCUT2D eigenvalue weighted by molar-refractivity contribution is -0.152. The maximum Gasteiger partial charge on any atom is 0.309 e. The van der Waals surface area contributed by atoms with Gasteiger partial charge < -0.3 is 5.11 Å². The number of hydrogen-bond acceptors (Lipinski definition) is 1. The van der Waals surface area contributed by atoms with Gasteiger partial charge in [-0.1, -0.05) is 0 Å². The van der Waals surface area contributed by atoms with E-state index in [9.17, 15) is 4.79 Å². The van der Waals surface area contributed by atoms with E-state index >= 15 is 0 Å². The molecule has 0 heterocycles. The fourth-order valence-corrected chi connectivity index (χ4v) is 2.32. The van der Waals surface area contributed by atoms with Crippen LogP contribution in [0.5, 0.6) is 0 Å². The van der Waals surface area contributed by atoms with E-state index in [0.29, 0.717) is 0 Å². The second-order valence-corrected chi connectivity index (χ2v) is 3.84. The Hall–Kier alpha value is -0.530. The summed E-state index contributed by atoms with van der Waals surface area (Å²) in [6.45, 7) is 0. The molecule has 1 radical (unpaired) electrons. The van der Waals surface area contributed by atoms with Gasteiger partial charge in [0.2, 0.25) is 0 Å². The van der Waals surface area contributed by atoms with Crippen molar-refractivity contribution in [1.29, 1.82) is 0 Å². The van der Waals surface area contributed by atoms with E-state index in [1.54, 1.807) is 5.92 Å². The van der Waals surface area contributed by atoms with E-state index in [1.165, 1.54) is 0 Å². The number of aliphatic carboxylic acids is 1. The summed E-state index contributed by atoms with van der Waals surface area (Å²) in [6, 6.07) is 0. The van der Waals surface area contributed by atoms with Crippen molar-refractivity contribution in [3.8, 4) is 0 Å². The van der Waals surface area contributed by atoms with Gasteiger partial charge in [-0.25, -0.2) is 0 Å². The van der Waals surface area contributed by atoms with Crippen LogP contribution in [0.3, 0.4) is 0 Å². The molecule has 2 heteroatoms. The number of carboxylic acids is 1. The van der Waals surface area contributed by atoms with Crippen molar-refractivity contribution >= 4 is 5.97 Å². The third-order valence-electron chi connectivity index (χ3n) is 3.32. The summed E-state index contributed by atoms with van der Waals surface area (Å²) >= 11 is 0. The standard InChI is InChI=1S/C9H13O2/c10-8(11)9-4-1-7(2-5-9)3-6-9/h1-6H2,(H,10,11). The molecule has 1 N–H and O–H groups in total. The van der Waals surface area contributed by atoms with Crippen LogP contribution in [0.2, 0.25) is 0 Å². The quantitative estimate of drug-likeness (QED) is 0.625. The Morgan fingerprint density at radius 1 is 1.18 bits per heavy atom. The van der Waals surface area contributed by atoms with E-state index in [1.807, 2.05) is 0 Å². The first-order valence-electron chi connectivity index (χ1n) is 4.30. The van der Waals surface area contributed by atoms with E-state index in [4.69, 9.17) is 5.11 Å². The van der Waals surface area contributed by atoms with Gasteiger partial charge in [-0.05, 0) is 44.4 Å². The fourth-order valence-electron chi connectivity index (χ4n) is 2.32. The van der Waals surface area contributed by atoms with Gasteiger partial charge in [0.15, 0.2) is 0 Å². The van der Waals surface area contributed by atoms with Crippen LogP contribution in [-0.4, -0.2) is 11.1 Å². The van der Waals surface area contributed by atoms with Gasteiger partial charge in [0.05, 0.1) is 5.41 Å². The summed E-state index contributed by atoms with van der Waals surface area (Å²) in [5, 5.41) is 9.00. The van der Waals surface area contributed by atoms with Crippen LogP contribution in [-0.2, 0) is 4.79 Å². The second-order valence-electron chi connectivity index (χ2n) is 3.84. The molecule has 3 fully saturated rings. The lowest BCUT2D eigenvalue weighted by Crippen LogP contribution is -2.39. The average Bonchev–Trinajstić information content (AvgIpc) is 2.08. The molecule has 2 nitrogen and oxygen atoms in total. The zero-order valence-electron chi connectivity index (χ0n) is 6.60. The monoisotopic (exact) mass is 153 g/mol. The van der Waals surface area contributed by atoms with Crippen LogP contribution in [0, 0.1) is 11.3 Å². The SMILES string of the molecule is O=C(O)C12CC[C](CC1)CC2. The highest BCUT2D eigenvalue weighted by Gasteiger charge is 2.45. The summed E-state index contributed by atoms with van der Waals surface area (Å²) in [5.74, 6) is 1.05. The minimum atomic E-state index is -0.559. The Morgan fingerprint density at radius 2 is 1.64 bits per heavy atom. The molecule has 0 aromatic rings. The molecule has 0 saturated heterocycles. The number of hydrogen-bond donors (Lipinski definition) is 1. The number of fused-ring (bicyclic) bond motifs is 3. The molecule has 0 aromatic carbocycles. The van der Waals surface area contributed by atoms with Crippen molar-refractivity contribution < 1.29 is 9.90 Å². The lowest BCUT2D eigenvalue weighted by atomic mass is 9.61. The van der Waals surface area contributed by atoms with Gasteiger partial charge in [-0.3, -0.25) is 4.79 Å². The summed E-state index contributed by atoms with van der Waals surface area (Å²) < 4.78 is 0. The van der Waals surface area contributed by atoms with Crippen LogP contribution in [0.25, 0.3) is 0 Å². The first-order chi connectivity index (χ1) is 5.23. The highest BCUT2D eigenvalue weighted by molar-refractivity contribution is 5.75. The van der Waals surface area contributed by atoms with E-state index in [0.717, 1.165) is 38.5 Å². The average molecular weight is 153 g/mol. The van der Waals surface area contributed by atoms with Crippen molar-refractivity contribution in [2.75, 3.05) is 0 Å². The Bertz CT molecular complexity index is 164. The predicted octanol–water partition coefficient (Wildman–Crippen LogP) is 2.00. The summed E-state index contributed by atoms with van der Waals surface area (Å²) in [6.07, 6.45) is 5.93. The highest BCUT2D eigenvalue weighted by Crippen LogP contribution is 2.51. The molecule has 0 aliphatic heterocycles. The Balaban J connectivity index is 2.18. The van der Waals surface area contributed by atoms with E-state index in [-0.39, 0.29) is 5.41 Å². The highest BCUT2D eigenvalue weighted by atomic mass is 16.4. The summed E-state index contributed by atoms with van der Waals surface area (Å²) in [5.41, 5.74) is -0.318. The molecule has 0 amide bonds. The number of rotatable bonds is 1. The normalized spacial score (nSPS) is 28.7. The molecule has 11 heavy (non-hydrogen) atoms. The largest absolute Gasteiger partial charge is 0.481 e. The molecule has 0 aromatic heterocycles. The Kier molecular flexibility index (Phi) is 1.44. The topological polar surface area (TPSA) is 37.3 Å². The van der Waals surface area contributed by atoms with Gasteiger partial charge in [-0.15, -0.1) is 0 Å². The molecule has 2 bridgehead atoms. The molecule has 3 saturated carbocycles. The van der Waals surface area contributed by atoms with Gasteiger partial charge in [-0.2, -0.15) is 0 Å². The number of carboxylic acid groups (broad SMARTS) is 1. The van der Waals surface area contributed by atoms with Gasteiger partial charge in [0, 0.05) is 0 Å². The van der Waals surface area contributed by atoms with Crippen molar-refractivity contribution in [2.24, 2.45) is 5.41 Å². The summed E-state index contributed by atoms with van der Waals surface area (Å²) in [7, 11) is 0. The van der Waals surface area contributed by atoms with Crippen molar-refractivity contribution in [1.82, 2.24) is 0 Å². The zero-order chi connectivity index (χ0) is 7.90. The number of carbonyl (C=O) groups is 1. The van der Waals surface area contributed by atoms with Crippen molar-refractivity contribution in [3.63, 3.8) is 0 Å². The molecule has 61 valence electrons. The maximum absolute atomic E-state index is 10.9. The smallest absolute Gasteiger partial charge is 0.309 e. The Labute approximate surface area is 66.6 Å². The van der Waals surface area contributed by atoms with Gasteiger partial charge in [0.1, 0.15) is 0 Å². The molecule has 0 atom stereocenters. The maximum atomic E-state index is 10.9. The zero-order valence-corrected chi connectivity index (χ0v) is 6.60. The van der Waals surface area contributed by atoms with Crippen LogP contribution in [0.1, 0.15) is 38.5 Å². The lowest BCUT2D eigenvalue weighted by Gasteiger charge is -2.42. The molecule has 3 aliphatic carbocycles. The van der Waals surface area contributed by atoms with Gasteiger partial charge in [0.25, 0.3) is 0 Å². The van der Waals surface area contributed by atoms with Crippen LogP contribution in [0.4, 0.5) is 0 Å². The van der Waals surface area contributed by atoms with Crippen LogP contribution in [0.15, 0.2) is 0 Å². The van der Waals surface area contributed by atoms with Crippen LogP contribution >= 0.6 is 0 Å². The molecule has 3 rings (SSSR count). The Morgan fingerprint density at radius 3 is 1.91 bits per heavy atom. The predicted molar refractivity (Wildman–Crippen MR) is 41.0 cm³/mol. The van der Waals surface area contributed by atoms with Crippen LogP contribution < -0.4 is 0 Å². The molecular formula is C9H13O2. The first-order valence-corrected chi connectivity index (χ1v) is 4.30. The first kappa shape index (κ1) is 7.14. The minimum absolute atomic E-state index is 0.318. The van der Waals surface area contributed by atoms with Gasteiger partial charge >= 0.3 is 5.97 Å². The molecule has 3 aliphatic rings. The molecule has 0 unspecified atom stereocenters. The summed E-state index contributed by atoms with van der Waals surface area (Å²) in [4.78, 5) is 10.9. The van der Waals surface area contributed by atoms with E-state index in [2.05, 4.69) is 0 Å². The molecular weight excluding hydrogens is 140 g/mol.